The van der Waals surface area contributed by atoms with Crippen molar-refractivity contribution < 1.29 is 13.2 Å². The van der Waals surface area contributed by atoms with E-state index < -0.39 is 17.3 Å². The summed E-state index contributed by atoms with van der Waals surface area (Å²) in [4.78, 5) is 11.0. The minimum atomic E-state index is -4.52. The smallest absolute Gasteiger partial charge is 0.317 e. The van der Waals surface area contributed by atoms with Gasteiger partial charge >= 0.3 is 6.18 Å². The summed E-state index contributed by atoms with van der Waals surface area (Å²) in [7, 11) is 1.21. The molecule has 0 N–H and O–H groups in total. The summed E-state index contributed by atoms with van der Waals surface area (Å²) in [5, 5.41) is 9.88. The molecular formula is C10H9F3N2OS. The molecule has 0 saturated heterocycles. The van der Waals surface area contributed by atoms with Crippen LogP contribution in [0.15, 0.2) is 35.1 Å². The van der Waals surface area contributed by atoms with Gasteiger partial charge in [0.15, 0.2) is 0 Å². The number of alkyl halides is 3. The zero-order valence-electron chi connectivity index (χ0n) is 8.91. The first kappa shape index (κ1) is 15.3. The standard InChI is InChI=1S/C8H5F3N2OS.C2H4/c1-13-3-5(8(9,10)11)2-6(7(13)14)15-4-12;1-2/h2-3H,1H3;1-2H2. The Bertz CT molecular complexity index is 488. The summed E-state index contributed by atoms with van der Waals surface area (Å²) >= 11 is 0.419. The van der Waals surface area contributed by atoms with E-state index in [0.29, 0.717) is 24.0 Å². The normalized spacial score (nSPS) is 10.1. The van der Waals surface area contributed by atoms with Crippen molar-refractivity contribution in [2.75, 3.05) is 0 Å². The fraction of sp³-hybridized carbons (Fsp3) is 0.200. The van der Waals surface area contributed by atoms with Gasteiger partial charge in [0, 0.05) is 13.2 Å². The molecule has 17 heavy (non-hydrogen) atoms. The zero-order chi connectivity index (χ0) is 13.6. The van der Waals surface area contributed by atoms with Crippen LogP contribution in [0, 0.1) is 10.7 Å². The predicted molar refractivity (Wildman–Crippen MR) is 59.4 cm³/mol. The van der Waals surface area contributed by atoms with Crippen LogP contribution in [0.2, 0.25) is 0 Å². The summed E-state index contributed by atoms with van der Waals surface area (Å²) in [5.41, 5.74) is -1.56. The van der Waals surface area contributed by atoms with E-state index in [2.05, 4.69) is 13.2 Å². The number of halogens is 3. The number of thiocyanates is 1. The van der Waals surface area contributed by atoms with E-state index >= 15 is 0 Å². The van der Waals surface area contributed by atoms with Gasteiger partial charge in [-0.15, -0.1) is 13.2 Å². The third kappa shape index (κ3) is 4.00. The number of pyridine rings is 1. The number of nitriles is 1. The maximum absolute atomic E-state index is 12.3. The van der Waals surface area contributed by atoms with Crippen LogP contribution in [0.5, 0.6) is 0 Å². The Labute approximate surface area is 100 Å². The number of aromatic nitrogens is 1. The number of aryl methyl sites for hydroxylation is 1. The molecule has 92 valence electrons. The van der Waals surface area contributed by atoms with Gasteiger partial charge < -0.3 is 4.57 Å². The van der Waals surface area contributed by atoms with Gasteiger partial charge in [-0.3, -0.25) is 4.79 Å². The lowest BCUT2D eigenvalue weighted by atomic mass is 10.3. The third-order valence-corrected chi connectivity index (χ3v) is 2.24. The third-order valence-electron chi connectivity index (χ3n) is 1.63. The van der Waals surface area contributed by atoms with Crippen molar-refractivity contribution in [3.63, 3.8) is 0 Å². The van der Waals surface area contributed by atoms with Crippen LogP contribution in [-0.4, -0.2) is 4.57 Å². The molecule has 0 aliphatic heterocycles. The van der Waals surface area contributed by atoms with Crippen LogP contribution < -0.4 is 5.56 Å². The fourth-order valence-electron chi connectivity index (χ4n) is 0.959. The number of hydrogen-bond acceptors (Lipinski definition) is 3. The van der Waals surface area contributed by atoms with Crippen LogP contribution >= 0.6 is 11.8 Å². The van der Waals surface area contributed by atoms with Gasteiger partial charge in [-0.1, -0.05) is 0 Å². The molecule has 0 aromatic carbocycles. The average Bonchev–Trinajstić information content (AvgIpc) is 2.26. The second kappa shape index (κ2) is 6.15. The summed E-state index contributed by atoms with van der Waals surface area (Å²) < 4.78 is 37.7. The van der Waals surface area contributed by atoms with Crippen molar-refractivity contribution in [3.05, 3.63) is 41.3 Å². The van der Waals surface area contributed by atoms with E-state index in [4.69, 9.17) is 5.26 Å². The topological polar surface area (TPSA) is 45.8 Å². The van der Waals surface area contributed by atoms with Gasteiger partial charge in [0.05, 0.1) is 10.5 Å². The van der Waals surface area contributed by atoms with Crippen molar-refractivity contribution in [3.8, 4) is 5.40 Å². The Morgan fingerprint density at radius 1 is 1.47 bits per heavy atom. The molecular weight excluding hydrogens is 253 g/mol. The molecule has 1 heterocycles. The fourth-order valence-corrected chi connectivity index (χ4v) is 1.47. The second-order valence-electron chi connectivity index (χ2n) is 2.70. The Hall–Kier alpha value is -1.68. The minimum absolute atomic E-state index is 0.227. The van der Waals surface area contributed by atoms with Gasteiger partial charge in [-0.25, -0.2) is 0 Å². The number of rotatable bonds is 1. The molecule has 0 atom stereocenters. The summed E-state index contributed by atoms with van der Waals surface area (Å²) in [6.07, 6.45) is -3.82. The molecule has 0 amide bonds. The Balaban J connectivity index is 0.00000121. The molecule has 1 rings (SSSR count). The molecule has 1 aromatic rings. The summed E-state index contributed by atoms with van der Waals surface area (Å²) in [5.74, 6) is 0. The molecule has 0 fully saturated rings. The largest absolute Gasteiger partial charge is 0.417 e. The van der Waals surface area contributed by atoms with E-state index in [1.54, 1.807) is 5.40 Å². The zero-order valence-corrected chi connectivity index (χ0v) is 9.73. The maximum Gasteiger partial charge on any atom is 0.417 e. The Morgan fingerprint density at radius 3 is 2.41 bits per heavy atom. The summed E-state index contributed by atoms with van der Waals surface area (Å²) in [6, 6.07) is 0.677. The lowest BCUT2D eigenvalue weighted by Gasteiger charge is -2.09. The first-order chi connectivity index (χ1) is 7.86. The molecule has 3 nitrogen and oxygen atoms in total. The molecule has 0 spiro atoms. The highest BCUT2D eigenvalue weighted by atomic mass is 32.2. The van der Waals surface area contributed by atoms with E-state index in [9.17, 15) is 18.0 Å². The van der Waals surface area contributed by atoms with E-state index in [1.807, 2.05) is 0 Å². The van der Waals surface area contributed by atoms with Gasteiger partial charge in [-0.2, -0.15) is 18.4 Å². The highest BCUT2D eigenvalue weighted by molar-refractivity contribution is 8.03. The molecule has 0 unspecified atom stereocenters. The Morgan fingerprint density at radius 2 is 2.00 bits per heavy atom. The second-order valence-corrected chi connectivity index (χ2v) is 3.53. The van der Waals surface area contributed by atoms with E-state index in [-0.39, 0.29) is 4.90 Å². The van der Waals surface area contributed by atoms with Crippen LogP contribution in [0.25, 0.3) is 0 Å². The first-order valence-electron chi connectivity index (χ1n) is 4.20. The molecule has 1 aromatic heterocycles. The van der Waals surface area contributed by atoms with Crippen molar-refractivity contribution >= 4 is 11.8 Å². The van der Waals surface area contributed by atoms with Gasteiger partial charge in [-0.05, 0) is 17.8 Å². The van der Waals surface area contributed by atoms with E-state index in [0.717, 1.165) is 4.57 Å². The van der Waals surface area contributed by atoms with Gasteiger partial charge in [0.2, 0.25) is 0 Å². The average molecular weight is 262 g/mol. The van der Waals surface area contributed by atoms with Crippen LogP contribution in [-0.2, 0) is 13.2 Å². The minimum Gasteiger partial charge on any atom is -0.317 e. The van der Waals surface area contributed by atoms with Crippen molar-refractivity contribution in [1.29, 1.82) is 5.26 Å². The monoisotopic (exact) mass is 262 g/mol. The molecule has 0 bridgehead atoms. The van der Waals surface area contributed by atoms with Crippen LogP contribution in [0.3, 0.4) is 0 Å². The van der Waals surface area contributed by atoms with Crippen molar-refractivity contribution in [2.45, 2.75) is 11.1 Å². The number of hydrogen-bond donors (Lipinski definition) is 0. The lowest BCUT2D eigenvalue weighted by molar-refractivity contribution is -0.138. The predicted octanol–water partition coefficient (Wildman–Crippen LogP) is 2.78. The van der Waals surface area contributed by atoms with Gasteiger partial charge in [0.1, 0.15) is 5.40 Å². The molecule has 0 radical (unpaired) electrons. The van der Waals surface area contributed by atoms with Crippen LogP contribution in [0.4, 0.5) is 13.2 Å². The SMILES string of the molecule is C=C.Cn1cc(C(F)(F)F)cc(SC#N)c1=O. The quantitative estimate of drug-likeness (QED) is 0.444. The van der Waals surface area contributed by atoms with Crippen molar-refractivity contribution in [1.82, 2.24) is 4.57 Å². The molecule has 0 aliphatic carbocycles. The number of thioether (sulfide) groups is 1. The Kier molecular flexibility index (Phi) is 5.55. The van der Waals surface area contributed by atoms with Crippen molar-refractivity contribution in [2.24, 2.45) is 7.05 Å². The molecule has 0 aliphatic rings. The van der Waals surface area contributed by atoms with E-state index in [1.165, 1.54) is 7.05 Å². The highest BCUT2D eigenvalue weighted by Crippen LogP contribution is 2.30. The summed E-state index contributed by atoms with van der Waals surface area (Å²) in [6.45, 7) is 6.00. The molecule has 0 saturated carbocycles. The number of nitrogens with zero attached hydrogens (tertiary/aromatic N) is 2. The van der Waals surface area contributed by atoms with Crippen LogP contribution in [0.1, 0.15) is 5.56 Å². The maximum atomic E-state index is 12.3. The molecule has 7 heteroatoms. The highest BCUT2D eigenvalue weighted by Gasteiger charge is 2.31. The van der Waals surface area contributed by atoms with Gasteiger partial charge in [0.25, 0.3) is 5.56 Å². The lowest BCUT2D eigenvalue weighted by Crippen LogP contribution is -2.21. The first-order valence-corrected chi connectivity index (χ1v) is 5.01.